The first-order chi connectivity index (χ1) is 9.79. The molecular formula is C16H10N4. The highest BCUT2D eigenvalue weighted by Crippen LogP contribution is 2.27. The molecule has 3 aromatic heterocycles. The fourth-order valence-electron chi connectivity index (χ4n) is 2.66. The van der Waals surface area contributed by atoms with Gasteiger partial charge in [0.1, 0.15) is 17.1 Å². The molecule has 0 unspecified atom stereocenters. The normalized spacial score (nSPS) is 11.2. The van der Waals surface area contributed by atoms with Crippen LogP contribution in [0.5, 0.6) is 0 Å². The first kappa shape index (κ1) is 10.9. The second-order valence-corrected chi connectivity index (χ2v) is 4.78. The van der Waals surface area contributed by atoms with Crippen LogP contribution in [0.15, 0.2) is 42.6 Å². The number of para-hydroxylation sites is 2. The van der Waals surface area contributed by atoms with E-state index in [4.69, 9.17) is 0 Å². The average Bonchev–Trinajstić information content (AvgIpc) is 2.79. The van der Waals surface area contributed by atoms with Crippen LogP contribution in [0, 0.1) is 18.3 Å². The largest absolute Gasteiger partial charge is 0.298 e. The molecular weight excluding hydrogens is 248 g/mol. The maximum Gasteiger partial charge on any atom is 0.165 e. The van der Waals surface area contributed by atoms with Crippen molar-refractivity contribution in [1.82, 2.24) is 14.4 Å². The van der Waals surface area contributed by atoms with Crippen LogP contribution >= 0.6 is 0 Å². The molecule has 0 saturated heterocycles. The van der Waals surface area contributed by atoms with Crippen LogP contribution in [0.25, 0.3) is 27.7 Å². The lowest BCUT2D eigenvalue weighted by Gasteiger charge is -1.99. The lowest BCUT2D eigenvalue weighted by atomic mass is 10.2. The van der Waals surface area contributed by atoms with Crippen LogP contribution in [-0.2, 0) is 0 Å². The zero-order chi connectivity index (χ0) is 13.7. The predicted molar refractivity (Wildman–Crippen MR) is 77.5 cm³/mol. The van der Waals surface area contributed by atoms with Crippen molar-refractivity contribution in [2.75, 3.05) is 0 Å². The molecule has 0 spiro atoms. The predicted octanol–water partition coefficient (Wildman–Crippen LogP) is 3.22. The second-order valence-electron chi connectivity index (χ2n) is 4.78. The number of nitriles is 1. The SMILES string of the molecule is Cc1cccn2c1c(C#N)c1nc3ccccc3nc12. The molecule has 4 nitrogen and oxygen atoms in total. The summed E-state index contributed by atoms with van der Waals surface area (Å²) < 4.78 is 1.95. The van der Waals surface area contributed by atoms with Gasteiger partial charge in [-0.2, -0.15) is 5.26 Å². The minimum absolute atomic E-state index is 0.594. The molecule has 0 aliphatic rings. The highest BCUT2D eigenvalue weighted by Gasteiger charge is 2.16. The Labute approximate surface area is 114 Å². The Bertz CT molecular complexity index is 1020. The summed E-state index contributed by atoms with van der Waals surface area (Å²) in [4.78, 5) is 9.29. The van der Waals surface area contributed by atoms with Crippen molar-refractivity contribution in [2.45, 2.75) is 6.92 Å². The summed E-state index contributed by atoms with van der Waals surface area (Å²) in [5.41, 5.74) is 5.58. The van der Waals surface area contributed by atoms with E-state index in [2.05, 4.69) is 16.0 Å². The summed E-state index contributed by atoms with van der Waals surface area (Å²) in [5.74, 6) is 0. The van der Waals surface area contributed by atoms with E-state index in [9.17, 15) is 5.26 Å². The fraction of sp³-hybridized carbons (Fsp3) is 0.0625. The van der Waals surface area contributed by atoms with E-state index < -0.39 is 0 Å². The van der Waals surface area contributed by atoms with Gasteiger partial charge < -0.3 is 0 Å². The van der Waals surface area contributed by atoms with Crippen molar-refractivity contribution in [2.24, 2.45) is 0 Å². The molecule has 20 heavy (non-hydrogen) atoms. The molecule has 0 N–H and O–H groups in total. The minimum Gasteiger partial charge on any atom is -0.298 e. The van der Waals surface area contributed by atoms with Crippen molar-refractivity contribution in [3.05, 3.63) is 53.7 Å². The summed E-state index contributed by atoms with van der Waals surface area (Å²) >= 11 is 0. The lowest BCUT2D eigenvalue weighted by Crippen LogP contribution is -1.89. The third-order valence-electron chi connectivity index (χ3n) is 3.56. The van der Waals surface area contributed by atoms with Gasteiger partial charge in [-0.25, -0.2) is 9.97 Å². The number of benzene rings is 1. The van der Waals surface area contributed by atoms with E-state index in [-0.39, 0.29) is 0 Å². The van der Waals surface area contributed by atoms with Crippen LogP contribution in [0.3, 0.4) is 0 Å². The Morgan fingerprint density at radius 1 is 1.05 bits per heavy atom. The summed E-state index contributed by atoms with van der Waals surface area (Å²) in [7, 11) is 0. The summed E-state index contributed by atoms with van der Waals surface area (Å²) in [5, 5.41) is 9.49. The minimum atomic E-state index is 0.594. The molecule has 0 fully saturated rings. The molecule has 0 radical (unpaired) electrons. The molecule has 0 saturated carbocycles. The van der Waals surface area contributed by atoms with Gasteiger partial charge in [-0.15, -0.1) is 0 Å². The van der Waals surface area contributed by atoms with Crippen LogP contribution in [0.4, 0.5) is 0 Å². The number of hydrogen-bond donors (Lipinski definition) is 0. The quantitative estimate of drug-likeness (QED) is 0.486. The van der Waals surface area contributed by atoms with Crippen molar-refractivity contribution in [1.29, 1.82) is 5.26 Å². The highest BCUT2D eigenvalue weighted by molar-refractivity contribution is 5.95. The average molecular weight is 258 g/mol. The van der Waals surface area contributed by atoms with Gasteiger partial charge in [-0.3, -0.25) is 4.40 Å². The Kier molecular flexibility index (Phi) is 2.07. The maximum atomic E-state index is 9.49. The van der Waals surface area contributed by atoms with E-state index in [1.807, 2.05) is 53.9 Å². The standard InChI is InChI=1S/C16H10N4/c1-10-5-4-8-20-15(10)11(9-17)14-16(20)19-13-7-3-2-6-12(13)18-14/h2-8H,1H3. The molecule has 0 amide bonds. The van der Waals surface area contributed by atoms with Gasteiger partial charge in [0.05, 0.1) is 16.6 Å². The zero-order valence-corrected chi connectivity index (χ0v) is 10.8. The number of pyridine rings is 1. The first-order valence-electron chi connectivity index (χ1n) is 6.36. The number of hydrogen-bond acceptors (Lipinski definition) is 3. The summed E-state index contributed by atoms with van der Waals surface area (Å²) in [6, 6.07) is 13.9. The van der Waals surface area contributed by atoms with E-state index in [1.54, 1.807) is 0 Å². The fourth-order valence-corrected chi connectivity index (χ4v) is 2.66. The molecule has 4 aromatic rings. The third-order valence-corrected chi connectivity index (χ3v) is 3.56. The molecule has 4 rings (SSSR count). The van der Waals surface area contributed by atoms with E-state index in [0.717, 1.165) is 27.8 Å². The molecule has 4 heteroatoms. The van der Waals surface area contributed by atoms with Crippen molar-refractivity contribution >= 4 is 27.7 Å². The molecule has 0 atom stereocenters. The van der Waals surface area contributed by atoms with E-state index in [0.29, 0.717) is 11.1 Å². The lowest BCUT2D eigenvalue weighted by molar-refractivity contribution is 1.18. The van der Waals surface area contributed by atoms with Crippen molar-refractivity contribution < 1.29 is 0 Å². The van der Waals surface area contributed by atoms with Gasteiger partial charge in [0.15, 0.2) is 5.65 Å². The molecule has 0 aliphatic carbocycles. The van der Waals surface area contributed by atoms with Gasteiger partial charge in [0.2, 0.25) is 0 Å². The van der Waals surface area contributed by atoms with Crippen LogP contribution < -0.4 is 0 Å². The van der Waals surface area contributed by atoms with Gasteiger partial charge in [-0.1, -0.05) is 18.2 Å². The zero-order valence-electron chi connectivity index (χ0n) is 10.8. The molecule has 3 heterocycles. The molecule has 0 aliphatic heterocycles. The summed E-state index contributed by atoms with van der Waals surface area (Å²) in [6.45, 7) is 1.99. The monoisotopic (exact) mass is 258 g/mol. The van der Waals surface area contributed by atoms with Gasteiger partial charge in [0, 0.05) is 6.20 Å². The van der Waals surface area contributed by atoms with E-state index >= 15 is 0 Å². The van der Waals surface area contributed by atoms with Crippen LogP contribution in [0.1, 0.15) is 11.1 Å². The van der Waals surface area contributed by atoms with Crippen LogP contribution in [-0.4, -0.2) is 14.4 Å². The smallest absolute Gasteiger partial charge is 0.165 e. The number of aromatic nitrogens is 3. The van der Waals surface area contributed by atoms with Crippen LogP contribution in [0.2, 0.25) is 0 Å². The molecule has 1 aromatic carbocycles. The Balaban J connectivity index is 2.35. The van der Waals surface area contributed by atoms with Crippen molar-refractivity contribution in [3.63, 3.8) is 0 Å². The van der Waals surface area contributed by atoms with E-state index in [1.165, 1.54) is 0 Å². The number of nitrogens with zero attached hydrogens (tertiary/aromatic N) is 4. The highest BCUT2D eigenvalue weighted by atomic mass is 15.0. The van der Waals surface area contributed by atoms with Crippen molar-refractivity contribution in [3.8, 4) is 6.07 Å². The second kappa shape index (κ2) is 3.78. The Hall–Kier alpha value is -2.93. The number of rotatable bonds is 0. The Morgan fingerprint density at radius 3 is 2.55 bits per heavy atom. The molecule has 94 valence electrons. The first-order valence-corrected chi connectivity index (χ1v) is 6.36. The maximum absolute atomic E-state index is 9.49. The molecule has 0 bridgehead atoms. The number of fused-ring (bicyclic) bond motifs is 4. The van der Waals surface area contributed by atoms with Gasteiger partial charge in [-0.05, 0) is 30.7 Å². The third kappa shape index (κ3) is 1.29. The van der Waals surface area contributed by atoms with Gasteiger partial charge >= 0.3 is 0 Å². The van der Waals surface area contributed by atoms with Gasteiger partial charge in [0.25, 0.3) is 0 Å². The Morgan fingerprint density at radius 2 is 1.80 bits per heavy atom. The number of aryl methyl sites for hydroxylation is 1. The summed E-state index contributed by atoms with van der Waals surface area (Å²) in [6.07, 6.45) is 1.93. The topological polar surface area (TPSA) is 54.0 Å².